The van der Waals surface area contributed by atoms with Crippen LogP contribution in [0.1, 0.15) is 19.8 Å². The normalized spacial score (nSPS) is 25.7. The fourth-order valence-electron chi connectivity index (χ4n) is 1.54. The number of hydrogen-bond acceptors (Lipinski definition) is 2. The van der Waals surface area contributed by atoms with E-state index in [0.29, 0.717) is 6.04 Å². The van der Waals surface area contributed by atoms with Gasteiger partial charge in [0.2, 0.25) is 0 Å². The summed E-state index contributed by atoms with van der Waals surface area (Å²) in [5, 5.41) is 3.43. The summed E-state index contributed by atoms with van der Waals surface area (Å²) in [6, 6.07) is 4.59. The van der Waals surface area contributed by atoms with Gasteiger partial charge in [-0.15, -0.1) is 0 Å². The van der Waals surface area contributed by atoms with Crippen molar-refractivity contribution in [1.82, 2.24) is 4.98 Å². The van der Waals surface area contributed by atoms with Crippen LogP contribution in [0.3, 0.4) is 0 Å². The van der Waals surface area contributed by atoms with Crippen molar-refractivity contribution in [2.24, 2.45) is 5.92 Å². The van der Waals surface area contributed by atoms with Crippen LogP contribution in [0.25, 0.3) is 0 Å². The van der Waals surface area contributed by atoms with Crippen molar-refractivity contribution >= 4 is 21.7 Å². The van der Waals surface area contributed by atoms with E-state index in [9.17, 15) is 0 Å². The number of hydrogen-bond donors (Lipinski definition) is 1. The van der Waals surface area contributed by atoms with Gasteiger partial charge in [-0.25, -0.2) is 4.98 Å². The lowest BCUT2D eigenvalue weighted by molar-refractivity contribution is 0.773. The summed E-state index contributed by atoms with van der Waals surface area (Å²) in [7, 11) is 0. The Morgan fingerprint density at radius 3 is 3.15 bits per heavy atom. The van der Waals surface area contributed by atoms with Crippen LogP contribution in [0.15, 0.2) is 22.8 Å². The molecule has 1 fully saturated rings. The van der Waals surface area contributed by atoms with Crippen LogP contribution in [-0.2, 0) is 0 Å². The molecule has 13 heavy (non-hydrogen) atoms. The smallest absolute Gasteiger partial charge is 0.140 e. The molecule has 2 atom stereocenters. The van der Waals surface area contributed by atoms with Crippen molar-refractivity contribution in [2.75, 3.05) is 5.32 Å². The molecule has 0 aliphatic heterocycles. The summed E-state index contributed by atoms with van der Waals surface area (Å²) in [5.74, 6) is 1.83. The van der Waals surface area contributed by atoms with Crippen LogP contribution in [0, 0.1) is 5.92 Å². The molecular formula is C10H13BrN2. The molecule has 0 saturated heterocycles. The van der Waals surface area contributed by atoms with E-state index in [2.05, 4.69) is 33.2 Å². The Morgan fingerprint density at radius 2 is 2.54 bits per heavy atom. The Hall–Kier alpha value is -0.570. The Kier molecular flexibility index (Phi) is 2.54. The molecule has 1 aliphatic carbocycles. The topological polar surface area (TPSA) is 24.9 Å². The first-order valence-electron chi connectivity index (χ1n) is 4.68. The number of halogens is 1. The Bertz CT molecular complexity index is 301. The zero-order chi connectivity index (χ0) is 9.26. The third kappa shape index (κ3) is 2.02. The average molecular weight is 241 g/mol. The molecule has 1 aromatic heterocycles. The molecule has 0 amide bonds. The number of aromatic nitrogens is 1. The highest BCUT2D eigenvalue weighted by atomic mass is 79.9. The van der Waals surface area contributed by atoms with Crippen molar-refractivity contribution in [3.63, 3.8) is 0 Å². The maximum Gasteiger partial charge on any atom is 0.140 e. The number of nitrogens with one attached hydrogen (secondary N) is 1. The second-order valence-corrected chi connectivity index (χ2v) is 4.34. The van der Waals surface area contributed by atoms with Crippen LogP contribution < -0.4 is 5.32 Å². The van der Waals surface area contributed by atoms with E-state index in [1.807, 2.05) is 18.3 Å². The lowest BCUT2D eigenvalue weighted by Gasteiger charge is -2.05. The van der Waals surface area contributed by atoms with Crippen molar-refractivity contribution in [2.45, 2.75) is 25.8 Å². The second kappa shape index (κ2) is 3.66. The molecule has 2 rings (SSSR count). The van der Waals surface area contributed by atoms with Gasteiger partial charge in [0, 0.05) is 12.2 Å². The summed E-state index contributed by atoms with van der Waals surface area (Å²) in [6.45, 7) is 2.24. The summed E-state index contributed by atoms with van der Waals surface area (Å²) in [6.07, 6.45) is 4.37. The van der Waals surface area contributed by atoms with E-state index >= 15 is 0 Å². The van der Waals surface area contributed by atoms with Gasteiger partial charge in [0.25, 0.3) is 0 Å². The van der Waals surface area contributed by atoms with E-state index in [0.717, 1.165) is 16.2 Å². The molecule has 1 aromatic rings. The van der Waals surface area contributed by atoms with Gasteiger partial charge in [-0.2, -0.15) is 0 Å². The fraction of sp³-hybridized carbons (Fsp3) is 0.500. The molecule has 0 spiro atoms. The maximum absolute atomic E-state index is 4.27. The monoisotopic (exact) mass is 240 g/mol. The number of anilines is 1. The van der Waals surface area contributed by atoms with Gasteiger partial charge in [-0.3, -0.25) is 0 Å². The average Bonchev–Trinajstić information content (AvgIpc) is 2.88. The van der Waals surface area contributed by atoms with Gasteiger partial charge in [0.05, 0.1) is 4.47 Å². The third-order valence-corrected chi connectivity index (χ3v) is 3.17. The first-order valence-corrected chi connectivity index (χ1v) is 5.47. The molecule has 1 aliphatic rings. The van der Waals surface area contributed by atoms with Crippen LogP contribution in [0.2, 0.25) is 0 Å². The summed E-state index contributed by atoms with van der Waals surface area (Å²) in [4.78, 5) is 4.27. The molecule has 3 heteroatoms. The first kappa shape index (κ1) is 9.00. The van der Waals surface area contributed by atoms with Crippen LogP contribution >= 0.6 is 15.9 Å². The Labute approximate surface area is 86.9 Å². The molecule has 0 aromatic carbocycles. The molecule has 0 bridgehead atoms. The lowest BCUT2D eigenvalue weighted by Crippen LogP contribution is -2.06. The highest BCUT2D eigenvalue weighted by molar-refractivity contribution is 9.10. The first-order chi connectivity index (χ1) is 6.31. The molecule has 1 N–H and O–H groups in total. The number of pyridine rings is 1. The summed E-state index contributed by atoms with van der Waals surface area (Å²) >= 11 is 3.47. The molecule has 1 heterocycles. The highest BCUT2D eigenvalue weighted by Gasteiger charge is 2.35. The quantitative estimate of drug-likeness (QED) is 0.879. The Balaban J connectivity index is 1.99. The molecule has 2 unspecified atom stereocenters. The van der Waals surface area contributed by atoms with Crippen molar-refractivity contribution < 1.29 is 0 Å². The van der Waals surface area contributed by atoms with E-state index in [-0.39, 0.29) is 0 Å². The molecule has 2 nitrogen and oxygen atoms in total. The number of rotatable bonds is 3. The molecular weight excluding hydrogens is 228 g/mol. The second-order valence-electron chi connectivity index (χ2n) is 3.49. The summed E-state index contributed by atoms with van der Waals surface area (Å²) in [5.41, 5.74) is 0. The molecule has 70 valence electrons. The van der Waals surface area contributed by atoms with Crippen LogP contribution in [0.4, 0.5) is 5.82 Å². The van der Waals surface area contributed by atoms with Crippen molar-refractivity contribution in [1.29, 1.82) is 0 Å². The summed E-state index contributed by atoms with van der Waals surface area (Å²) < 4.78 is 1.05. The predicted octanol–water partition coefficient (Wildman–Crippen LogP) is 3.05. The largest absolute Gasteiger partial charge is 0.366 e. The van der Waals surface area contributed by atoms with Gasteiger partial charge < -0.3 is 5.32 Å². The lowest BCUT2D eigenvalue weighted by atomic mass is 10.3. The van der Waals surface area contributed by atoms with Gasteiger partial charge in [-0.05, 0) is 40.4 Å². The maximum atomic E-state index is 4.27. The molecule has 0 radical (unpaired) electrons. The van der Waals surface area contributed by atoms with Crippen LogP contribution in [0.5, 0.6) is 0 Å². The van der Waals surface area contributed by atoms with E-state index in [1.165, 1.54) is 12.8 Å². The zero-order valence-electron chi connectivity index (χ0n) is 7.63. The number of nitrogens with zero attached hydrogens (tertiary/aromatic N) is 1. The van der Waals surface area contributed by atoms with E-state index < -0.39 is 0 Å². The molecule has 1 saturated carbocycles. The van der Waals surface area contributed by atoms with E-state index in [4.69, 9.17) is 0 Å². The van der Waals surface area contributed by atoms with Gasteiger partial charge in [-0.1, -0.05) is 13.3 Å². The minimum absolute atomic E-state index is 0.649. The van der Waals surface area contributed by atoms with Gasteiger partial charge >= 0.3 is 0 Å². The van der Waals surface area contributed by atoms with E-state index in [1.54, 1.807) is 0 Å². The van der Waals surface area contributed by atoms with Crippen molar-refractivity contribution in [3.8, 4) is 0 Å². The zero-order valence-corrected chi connectivity index (χ0v) is 9.21. The third-order valence-electron chi connectivity index (χ3n) is 2.53. The minimum atomic E-state index is 0.649. The SMILES string of the molecule is CCC1CC1Nc1ncccc1Br. The standard InChI is InChI=1S/C10H13BrN2/c1-2-7-6-9(7)13-10-8(11)4-3-5-12-10/h3-5,7,9H,2,6H2,1H3,(H,12,13). The predicted molar refractivity (Wildman–Crippen MR) is 57.7 cm³/mol. The fourth-order valence-corrected chi connectivity index (χ4v) is 1.91. The van der Waals surface area contributed by atoms with Gasteiger partial charge in [0.1, 0.15) is 5.82 Å². The van der Waals surface area contributed by atoms with Crippen LogP contribution in [-0.4, -0.2) is 11.0 Å². The van der Waals surface area contributed by atoms with Crippen molar-refractivity contribution in [3.05, 3.63) is 22.8 Å². The Morgan fingerprint density at radius 1 is 1.69 bits per heavy atom. The minimum Gasteiger partial charge on any atom is -0.366 e. The highest BCUT2D eigenvalue weighted by Crippen LogP contribution is 2.36. The van der Waals surface area contributed by atoms with Gasteiger partial charge in [0.15, 0.2) is 0 Å².